The van der Waals surface area contributed by atoms with Gasteiger partial charge < -0.3 is 5.32 Å². The summed E-state index contributed by atoms with van der Waals surface area (Å²) in [5, 5.41) is 6.15. The molecule has 1 aromatic heterocycles. The molecule has 0 bridgehead atoms. The second-order valence-electron chi connectivity index (χ2n) is 4.99. The lowest BCUT2D eigenvalue weighted by atomic mass is 10.00. The first kappa shape index (κ1) is 12.8. The molecule has 0 aliphatic heterocycles. The van der Waals surface area contributed by atoms with E-state index in [-0.39, 0.29) is 0 Å². The molecule has 0 radical (unpaired) electrons. The van der Waals surface area contributed by atoms with Crippen molar-refractivity contribution in [1.29, 1.82) is 0 Å². The number of pyridine rings is 1. The highest BCUT2D eigenvalue weighted by Crippen LogP contribution is 2.24. The Morgan fingerprint density at radius 1 is 0.950 bits per heavy atom. The van der Waals surface area contributed by atoms with E-state index in [0.717, 1.165) is 12.2 Å². The van der Waals surface area contributed by atoms with Crippen molar-refractivity contribution in [1.82, 2.24) is 10.3 Å². The molecule has 20 heavy (non-hydrogen) atoms. The SMILES string of the molecule is C[C@@H](NCc1ccccn1)c1cccc2ccccc12. The van der Waals surface area contributed by atoms with Crippen molar-refractivity contribution in [3.8, 4) is 0 Å². The summed E-state index contributed by atoms with van der Waals surface area (Å²) in [7, 11) is 0. The van der Waals surface area contributed by atoms with Crippen LogP contribution in [-0.4, -0.2) is 4.98 Å². The molecule has 1 heterocycles. The minimum Gasteiger partial charge on any atom is -0.305 e. The Hall–Kier alpha value is -2.19. The number of fused-ring (bicyclic) bond motifs is 1. The van der Waals surface area contributed by atoms with E-state index in [1.807, 2.05) is 24.4 Å². The highest BCUT2D eigenvalue weighted by atomic mass is 14.9. The van der Waals surface area contributed by atoms with Gasteiger partial charge in [-0.2, -0.15) is 0 Å². The Bertz CT molecular complexity index is 687. The molecule has 2 heteroatoms. The molecular weight excluding hydrogens is 244 g/mol. The molecular formula is C18H18N2. The van der Waals surface area contributed by atoms with E-state index >= 15 is 0 Å². The van der Waals surface area contributed by atoms with Crippen LogP contribution < -0.4 is 5.32 Å². The molecule has 1 atom stereocenters. The highest BCUT2D eigenvalue weighted by Gasteiger charge is 2.08. The smallest absolute Gasteiger partial charge is 0.0541 e. The van der Waals surface area contributed by atoms with Crippen LogP contribution in [-0.2, 0) is 6.54 Å². The Morgan fingerprint density at radius 3 is 2.60 bits per heavy atom. The van der Waals surface area contributed by atoms with Gasteiger partial charge in [-0.1, -0.05) is 48.5 Å². The maximum Gasteiger partial charge on any atom is 0.0541 e. The van der Waals surface area contributed by atoms with E-state index in [9.17, 15) is 0 Å². The normalized spacial score (nSPS) is 12.4. The number of nitrogens with zero attached hydrogens (tertiary/aromatic N) is 1. The Balaban J connectivity index is 1.80. The third-order valence-electron chi connectivity index (χ3n) is 3.61. The number of aromatic nitrogens is 1. The first-order valence-corrected chi connectivity index (χ1v) is 6.95. The van der Waals surface area contributed by atoms with E-state index in [4.69, 9.17) is 0 Å². The van der Waals surface area contributed by atoms with Crippen molar-refractivity contribution < 1.29 is 0 Å². The van der Waals surface area contributed by atoms with E-state index in [1.54, 1.807) is 0 Å². The van der Waals surface area contributed by atoms with E-state index in [1.165, 1.54) is 16.3 Å². The molecule has 0 saturated heterocycles. The zero-order chi connectivity index (χ0) is 13.8. The first-order chi connectivity index (χ1) is 9.84. The van der Waals surface area contributed by atoms with Crippen LogP contribution in [0.5, 0.6) is 0 Å². The fraction of sp³-hybridized carbons (Fsp3) is 0.167. The zero-order valence-electron chi connectivity index (χ0n) is 11.6. The lowest BCUT2D eigenvalue weighted by molar-refractivity contribution is 0.571. The predicted molar refractivity (Wildman–Crippen MR) is 83.4 cm³/mol. The molecule has 0 aliphatic rings. The van der Waals surface area contributed by atoms with Gasteiger partial charge in [-0.05, 0) is 35.4 Å². The summed E-state index contributed by atoms with van der Waals surface area (Å²) in [6.07, 6.45) is 1.83. The van der Waals surface area contributed by atoms with Crippen molar-refractivity contribution in [2.45, 2.75) is 19.5 Å². The summed E-state index contributed by atoms with van der Waals surface area (Å²) in [4.78, 5) is 4.34. The highest BCUT2D eigenvalue weighted by molar-refractivity contribution is 5.86. The topological polar surface area (TPSA) is 24.9 Å². The number of rotatable bonds is 4. The van der Waals surface area contributed by atoms with Crippen molar-refractivity contribution in [3.63, 3.8) is 0 Å². The second-order valence-corrected chi connectivity index (χ2v) is 4.99. The lowest BCUT2D eigenvalue weighted by Crippen LogP contribution is -2.18. The minimum absolute atomic E-state index is 0.295. The summed E-state index contributed by atoms with van der Waals surface area (Å²) in [6, 6.07) is 21.3. The van der Waals surface area contributed by atoms with Crippen LogP contribution in [0.15, 0.2) is 66.9 Å². The van der Waals surface area contributed by atoms with Crippen LogP contribution >= 0.6 is 0 Å². The van der Waals surface area contributed by atoms with Gasteiger partial charge in [0, 0.05) is 18.8 Å². The van der Waals surface area contributed by atoms with E-state index < -0.39 is 0 Å². The Morgan fingerprint density at radius 2 is 1.75 bits per heavy atom. The molecule has 0 amide bonds. The van der Waals surface area contributed by atoms with Crippen LogP contribution in [0.25, 0.3) is 10.8 Å². The molecule has 0 fully saturated rings. The number of hydrogen-bond donors (Lipinski definition) is 1. The van der Waals surface area contributed by atoms with Crippen LogP contribution in [0.3, 0.4) is 0 Å². The quantitative estimate of drug-likeness (QED) is 0.766. The van der Waals surface area contributed by atoms with Crippen molar-refractivity contribution in [2.75, 3.05) is 0 Å². The summed E-state index contributed by atoms with van der Waals surface area (Å²) in [5.41, 5.74) is 2.40. The van der Waals surface area contributed by atoms with Gasteiger partial charge in [0.15, 0.2) is 0 Å². The predicted octanol–water partition coefficient (Wildman–Crippen LogP) is 4.09. The largest absolute Gasteiger partial charge is 0.305 e. The first-order valence-electron chi connectivity index (χ1n) is 6.95. The zero-order valence-corrected chi connectivity index (χ0v) is 11.6. The van der Waals surface area contributed by atoms with E-state index in [0.29, 0.717) is 6.04 Å². The maximum atomic E-state index is 4.34. The molecule has 100 valence electrons. The van der Waals surface area contributed by atoms with Crippen LogP contribution in [0, 0.1) is 0 Å². The molecule has 3 rings (SSSR count). The van der Waals surface area contributed by atoms with Gasteiger partial charge in [-0.3, -0.25) is 4.98 Å². The fourth-order valence-corrected chi connectivity index (χ4v) is 2.50. The average molecular weight is 262 g/mol. The maximum absolute atomic E-state index is 4.34. The molecule has 0 aliphatic carbocycles. The van der Waals surface area contributed by atoms with Crippen molar-refractivity contribution >= 4 is 10.8 Å². The van der Waals surface area contributed by atoms with Crippen LogP contribution in [0.2, 0.25) is 0 Å². The average Bonchev–Trinajstić information content (AvgIpc) is 2.53. The van der Waals surface area contributed by atoms with E-state index in [2.05, 4.69) is 59.7 Å². The van der Waals surface area contributed by atoms with Crippen LogP contribution in [0.4, 0.5) is 0 Å². The molecule has 3 aromatic rings. The second kappa shape index (κ2) is 5.85. The van der Waals surface area contributed by atoms with Gasteiger partial charge >= 0.3 is 0 Å². The molecule has 2 aromatic carbocycles. The van der Waals surface area contributed by atoms with Gasteiger partial charge in [-0.25, -0.2) is 0 Å². The molecule has 0 unspecified atom stereocenters. The Labute approximate surface area is 119 Å². The van der Waals surface area contributed by atoms with Gasteiger partial charge in [0.05, 0.1) is 5.69 Å². The number of hydrogen-bond acceptors (Lipinski definition) is 2. The number of benzene rings is 2. The third-order valence-corrected chi connectivity index (χ3v) is 3.61. The van der Waals surface area contributed by atoms with Crippen molar-refractivity contribution in [2.24, 2.45) is 0 Å². The van der Waals surface area contributed by atoms with Gasteiger partial charge in [0.2, 0.25) is 0 Å². The fourth-order valence-electron chi connectivity index (χ4n) is 2.50. The monoisotopic (exact) mass is 262 g/mol. The summed E-state index contributed by atoms with van der Waals surface area (Å²) in [5.74, 6) is 0. The molecule has 2 nitrogen and oxygen atoms in total. The summed E-state index contributed by atoms with van der Waals surface area (Å²) in [6.45, 7) is 2.98. The lowest BCUT2D eigenvalue weighted by Gasteiger charge is -2.16. The Kier molecular flexibility index (Phi) is 3.75. The summed E-state index contributed by atoms with van der Waals surface area (Å²) >= 11 is 0. The standard InChI is InChI=1S/C18H18N2/c1-14(20-13-16-9-4-5-12-19-16)17-11-6-8-15-7-2-3-10-18(15)17/h2-12,14,20H,13H2,1H3/t14-/m1/s1. The molecule has 0 saturated carbocycles. The molecule has 0 spiro atoms. The van der Waals surface area contributed by atoms with Crippen molar-refractivity contribution in [3.05, 3.63) is 78.1 Å². The molecule has 1 N–H and O–H groups in total. The van der Waals surface area contributed by atoms with Crippen LogP contribution in [0.1, 0.15) is 24.2 Å². The number of nitrogens with one attached hydrogen (secondary N) is 1. The minimum atomic E-state index is 0.295. The van der Waals surface area contributed by atoms with Gasteiger partial charge in [0.25, 0.3) is 0 Å². The third kappa shape index (κ3) is 2.70. The van der Waals surface area contributed by atoms with Gasteiger partial charge in [0.1, 0.15) is 0 Å². The van der Waals surface area contributed by atoms with Gasteiger partial charge in [-0.15, -0.1) is 0 Å². The summed E-state index contributed by atoms with van der Waals surface area (Å²) < 4.78 is 0.